The molecule has 1 amide bonds. The lowest BCUT2D eigenvalue weighted by Gasteiger charge is -2.06. The molecule has 0 heterocycles. The Balaban J connectivity index is 1.91. The lowest BCUT2D eigenvalue weighted by atomic mass is 10.2. The maximum absolute atomic E-state index is 12.1. The highest BCUT2D eigenvalue weighted by Crippen LogP contribution is 2.26. The summed E-state index contributed by atoms with van der Waals surface area (Å²) in [5.74, 6) is 0.108. The molecule has 2 rings (SSSR count). The Labute approximate surface area is 167 Å². The highest BCUT2D eigenvalue weighted by Gasteiger charge is 2.07. The Bertz CT molecular complexity index is 815. The van der Waals surface area contributed by atoms with Gasteiger partial charge in [-0.1, -0.05) is 19.4 Å². The van der Waals surface area contributed by atoms with Crippen LogP contribution in [-0.2, 0) is 9.53 Å². The van der Waals surface area contributed by atoms with Gasteiger partial charge in [0.25, 0.3) is 0 Å². The summed E-state index contributed by atoms with van der Waals surface area (Å²) in [5.41, 5.74) is 1.93. The molecule has 0 saturated heterocycles. The lowest BCUT2D eigenvalue weighted by Crippen LogP contribution is -2.09. The monoisotopic (exact) mass is 431 g/mol. The van der Waals surface area contributed by atoms with Gasteiger partial charge in [0.2, 0.25) is 5.91 Å². The van der Waals surface area contributed by atoms with Crippen LogP contribution in [0, 0.1) is 0 Å². The molecule has 2 aromatic carbocycles. The summed E-state index contributed by atoms with van der Waals surface area (Å²) in [4.78, 5) is 23.9. The van der Waals surface area contributed by atoms with Crippen LogP contribution in [0.15, 0.2) is 53.0 Å². The first-order valence-electron chi connectivity index (χ1n) is 8.63. The number of hydrogen-bond acceptors (Lipinski definition) is 4. The molecule has 27 heavy (non-hydrogen) atoms. The van der Waals surface area contributed by atoms with Crippen molar-refractivity contribution in [1.82, 2.24) is 0 Å². The van der Waals surface area contributed by atoms with Crippen LogP contribution in [0.4, 0.5) is 5.69 Å². The van der Waals surface area contributed by atoms with E-state index in [1.807, 2.05) is 25.1 Å². The highest BCUT2D eigenvalue weighted by atomic mass is 79.9. The van der Waals surface area contributed by atoms with Crippen molar-refractivity contribution in [1.29, 1.82) is 0 Å². The molecule has 0 aromatic heterocycles. The van der Waals surface area contributed by atoms with Crippen molar-refractivity contribution < 1.29 is 19.1 Å². The largest absolute Gasteiger partial charge is 0.496 e. The van der Waals surface area contributed by atoms with E-state index in [0.29, 0.717) is 17.9 Å². The van der Waals surface area contributed by atoms with Gasteiger partial charge in [-0.05, 0) is 70.4 Å². The molecular weight excluding hydrogens is 410 g/mol. The molecule has 6 heteroatoms. The summed E-state index contributed by atoms with van der Waals surface area (Å²) < 4.78 is 11.1. The Morgan fingerprint density at radius 1 is 1.15 bits per heavy atom. The Kier molecular flexibility index (Phi) is 8.07. The zero-order chi connectivity index (χ0) is 19.6. The van der Waals surface area contributed by atoms with Gasteiger partial charge in [-0.2, -0.15) is 0 Å². The van der Waals surface area contributed by atoms with Gasteiger partial charge in [0.1, 0.15) is 5.75 Å². The summed E-state index contributed by atoms with van der Waals surface area (Å²) in [5, 5.41) is 2.75. The fourth-order valence-electron chi connectivity index (χ4n) is 2.22. The molecule has 0 radical (unpaired) electrons. The van der Waals surface area contributed by atoms with Crippen molar-refractivity contribution in [2.75, 3.05) is 19.0 Å². The predicted molar refractivity (Wildman–Crippen MR) is 110 cm³/mol. The minimum atomic E-state index is -0.355. The van der Waals surface area contributed by atoms with Gasteiger partial charge in [-0.15, -0.1) is 0 Å². The quantitative estimate of drug-likeness (QED) is 0.360. The Morgan fingerprint density at radius 2 is 1.89 bits per heavy atom. The molecule has 0 saturated carbocycles. The fourth-order valence-corrected chi connectivity index (χ4v) is 2.78. The van der Waals surface area contributed by atoms with E-state index >= 15 is 0 Å². The molecule has 0 atom stereocenters. The molecule has 5 nitrogen and oxygen atoms in total. The van der Waals surface area contributed by atoms with Gasteiger partial charge in [0, 0.05) is 11.8 Å². The minimum absolute atomic E-state index is 0.264. The summed E-state index contributed by atoms with van der Waals surface area (Å²) in [6.07, 6.45) is 4.97. The number of amides is 1. The summed E-state index contributed by atoms with van der Waals surface area (Å²) in [6.45, 7) is 2.45. The van der Waals surface area contributed by atoms with Crippen LogP contribution in [0.25, 0.3) is 6.08 Å². The number of halogens is 1. The van der Waals surface area contributed by atoms with Gasteiger partial charge in [0.15, 0.2) is 0 Å². The highest BCUT2D eigenvalue weighted by molar-refractivity contribution is 9.10. The topological polar surface area (TPSA) is 64.6 Å². The second kappa shape index (κ2) is 10.5. The number of ether oxygens (including phenoxy) is 2. The average molecular weight is 432 g/mol. The smallest absolute Gasteiger partial charge is 0.338 e. The number of benzene rings is 2. The number of rotatable bonds is 8. The van der Waals surface area contributed by atoms with Crippen LogP contribution < -0.4 is 10.1 Å². The van der Waals surface area contributed by atoms with Gasteiger partial charge in [-0.3, -0.25) is 4.79 Å². The molecule has 1 N–H and O–H groups in total. The standard InChI is InChI=1S/C21H22BrNO4/c1-3-4-13-27-21(25)16-7-9-17(10-8-16)23-20(24)12-6-15-5-11-19(26-2)18(22)14-15/h5-12,14H,3-4,13H2,1-2H3,(H,23,24). The van der Waals surface area contributed by atoms with Gasteiger partial charge in [0.05, 0.1) is 23.8 Å². The molecule has 0 bridgehead atoms. The van der Waals surface area contributed by atoms with E-state index < -0.39 is 0 Å². The van der Waals surface area contributed by atoms with E-state index in [2.05, 4.69) is 21.2 Å². The summed E-state index contributed by atoms with van der Waals surface area (Å²) >= 11 is 3.41. The number of carbonyl (C=O) groups excluding carboxylic acids is 2. The van der Waals surface area contributed by atoms with Crippen molar-refractivity contribution >= 4 is 39.6 Å². The molecular formula is C21H22BrNO4. The van der Waals surface area contributed by atoms with E-state index in [0.717, 1.165) is 28.6 Å². The zero-order valence-electron chi connectivity index (χ0n) is 15.3. The van der Waals surface area contributed by atoms with Gasteiger partial charge < -0.3 is 14.8 Å². The number of esters is 1. The van der Waals surface area contributed by atoms with Crippen LogP contribution in [0.1, 0.15) is 35.7 Å². The first-order chi connectivity index (χ1) is 13.0. The molecule has 0 aliphatic carbocycles. The fraction of sp³-hybridized carbons (Fsp3) is 0.238. The van der Waals surface area contributed by atoms with Crippen LogP contribution in [-0.4, -0.2) is 25.6 Å². The molecule has 0 fully saturated rings. The first kappa shape index (κ1) is 20.7. The molecule has 0 spiro atoms. The number of nitrogens with one attached hydrogen (secondary N) is 1. The maximum Gasteiger partial charge on any atom is 0.338 e. The third-order valence-corrected chi connectivity index (χ3v) is 4.34. The molecule has 0 aliphatic rings. The second-order valence-corrected chi connectivity index (χ2v) is 6.64. The van der Waals surface area contributed by atoms with Crippen LogP contribution in [0.2, 0.25) is 0 Å². The third kappa shape index (κ3) is 6.57. The number of carbonyl (C=O) groups is 2. The number of methoxy groups -OCH3 is 1. The molecule has 2 aromatic rings. The molecule has 142 valence electrons. The van der Waals surface area contributed by atoms with Gasteiger partial charge >= 0.3 is 5.97 Å². The maximum atomic E-state index is 12.1. The minimum Gasteiger partial charge on any atom is -0.496 e. The van der Waals surface area contributed by atoms with Crippen molar-refractivity contribution in [3.63, 3.8) is 0 Å². The lowest BCUT2D eigenvalue weighted by molar-refractivity contribution is -0.111. The Morgan fingerprint density at radius 3 is 2.52 bits per heavy atom. The second-order valence-electron chi connectivity index (χ2n) is 5.78. The van der Waals surface area contributed by atoms with E-state index in [9.17, 15) is 9.59 Å². The number of hydrogen-bond donors (Lipinski definition) is 1. The van der Waals surface area contributed by atoms with E-state index in [1.54, 1.807) is 37.5 Å². The van der Waals surface area contributed by atoms with E-state index in [1.165, 1.54) is 6.08 Å². The van der Waals surface area contributed by atoms with E-state index in [-0.39, 0.29) is 11.9 Å². The van der Waals surface area contributed by atoms with Crippen molar-refractivity contribution in [3.05, 3.63) is 64.1 Å². The summed E-state index contributed by atoms with van der Waals surface area (Å²) in [6, 6.07) is 12.1. The Hall–Kier alpha value is -2.60. The zero-order valence-corrected chi connectivity index (χ0v) is 16.9. The van der Waals surface area contributed by atoms with Crippen molar-refractivity contribution in [2.45, 2.75) is 19.8 Å². The van der Waals surface area contributed by atoms with E-state index in [4.69, 9.17) is 9.47 Å². The molecule has 0 aliphatic heterocycles. The summed E-state index contributed by atoms with van der Waals surface area (Å²) in [7, 11) is 1.60. The van der Waals surface area contributed by atoms with Crippen molar-refractivity contribution in [3.8, 4) is 5.75 Å². The van der Waals surface area contributed by atoms with Gasteiger partial charge in [-0.25, -0.2) is 4.79 Å². The van der Waals surface area contributed by atoms with Crippen LogP contribution in [0.3, 0.4) is 0 Å². The first-order valence-corrected chi connectivity index (χ1v) is 9.42. The van der Waals surface area contributed by atoms with Crippen LogP contribution >= 0.6 is 15.9 Å². The average Bonchev–Trinajstić information content (AvgIpc) is 2.67. The normalized spacial score (nSPS) is 10.6. The number of unbranched alkanes of at least 4 members (excludes halogenated alkanes) is 1. The molecule has 0 unspecified atom stereocenters. The number of anilines is 1. The van der Waals surface area contributed by atoms with Crippen molar-refractivity contribution in [2.24, 2.45) is 0 Å². The SMILES string of the molecule is CCCCOC(=O)c1ccc(NC(=O)C=Cc2ccc(OC)c(Br)c2)cc1. The predicted octanol–water partition coefficient (Wildman–Crippen LogP) is 5.07. The third-order valence-electron chi connectivity index (χ3n) is 3.72. The van der Waals surface area contributed by atoms with Crippen LogP contribution in [0.5, 0.6) is 5.75 Å².